The number of carbonyl (C=O) groups excluding carboxylic acids is 1. The van der Waals surface area contributed by atoms with Crippen LogP contribution in [0.15, 0.2) is 21.2 Å². The first kappa shape index (κ1) is 27.7. The van der Waals surface area contributed by atoms with Crippen molar-refractivity contribution in [2.75, 3.05) is 26.2 Å². The van der Waals surface area contributed by atoms with Crippen LogP contribution in [-0.4, -0.2) is 53.4 Å². The van der Waals surface area contributed by atoms with Gasteiger partial charge in [-0.1, -0.05) is 37.5 Å². The summed E-state index contributed by atoms with van der Waals surface area (Å²) < 4.78 is 5.14. The number of aryl methyl sites for hydroxylation is 1. The standard InChI is InChI=1S/C27H44ClN5O2/c1-6-30-25(28)21(24(29)22-17-19(2)35-32-22)18-23(34)31-20-7-9-27(10-8-20)12-15-33(16-13-27)14-11-26(3,4)5/h17,20H,6-16,18,29H2,1-5H3,(H,31,34)/b24-21-,30-25?. The summed E-state index contributed by atoms with van der Waals surface area (Å²) in [6.07, 6.45) is 8.31. The van der Waals surface area contributed by atoms with Gasteiger partial charge in [0.25, 0.3) is 0 Å². The van der Waals surface area contributed by atoms with Gasteiger partial charge in [-0.05, 0) is 89.3 Å². The van der Waals surface area contributed by atoms with Crippen molar-refractivity contribution in [2.45, 2.75) is 92.0 Å². The number of nitrogens with two attached hydrogens (primary N) is 1. The summed E-state index contributed by atoms with van der Waals surface area (Å²) >= 11 is 6.41. The summed E-state index contributed by atoms with van der Waals surface area (Å²) in [5.41, 5.74) is 8.48. The molecule has 1 spiro atoms. The Kier molecular flexibility index (Phi) is 9.44. The second kappa shape index (κ2) is 11.9. The van der Waals surface area contributed by atoms with Gasteiger partial charge in [-0.15, -0.1) is 0 Å². The van der Waals surface area contributed by atoms with Crippen LogP contribution < -0.4 is 11.1 Å². The Bertz CT molecular complexity index is 912. The zero-order valence-electron chi connectivity index (χ0n) is 22.3. The second-order valence-corrected chi connectivity index (χ2v) is 12.0. The van der Waals surface area contributed by atoms with Crippen LogP contribution in [0.2, 0.25) is 0 Å². The van der Waals surface area contributed by atoms with E-state index in [1.165, 1.54) is 51.7 Å². The van der Waals surface area contributed by atoms with E-state index in [-0.39, 0.29) is 23.5 Å². The molecule has 1 saturated carbocycles. The van der Waals surface area contributed by atoms with Gasteiger partial charge in [0.15, 0.2) is 0 Å². The fourth-order valence-electron chi connectivity index (χ4n) is 5.22. The lowest BCUT2D eigenvalue weighted by Gasteiger charge is -2.46. The summed E-state index contributed by atoms with van der Waals surface area (Å²) in [5.74, 6) is 0.567. The van der Waals surface area contributed by atoms with E-state index in [0.717, 1.165) is 12.8 Å². The molecule has 1 aromatic rings. The summed E-state index contributed by atoms with van der Waals surface area (Å²) in [7, 11) is 0. The zero-order valence-corrected chi connectivity index (χ0v) is 23.0. The van der Waals surface area contributed by atoms with Crippen LogP contribution in [0.25, 0.3) is 5.70 Å². The highest BCUT2D eigenvalue weighted by atomic mass is 35.5. The van der Waals surface area contributed by atoms with E-state index in [1.807, 2.05) is 6.92 Å². The Morgan fingerprint density at radius 1 is 1.29 bits per heavy atom. The molecule has 35 heavy (non-hydrogen) atoms. The van der Waals surface area contributed by atoms with Crippen LogP contribution in [0.5, 0.6) is 0 Å². The van der Waals surface area contributed by atoms with Crippen molar-refractivity contribution in [3.05, 3.63) is 23.1 Å². The molecule has 2 aliphatic rings. The van der Waals surface area contributed by atoms with Crippen molar-refractivity contribution in [1.82, 2.24) is 15.4 Å². The third-order valence-corrected chi connectivity index (χ3v) is 7.97. The molecule has 0 aromatic carbocycles. The summed E-state index contributed by atoms with van der Waals surface area (Å²) in [6, 6.07) is 1.93. The fourth-order valence-corrected chi connectivity index (χ4v) is 5.51. The third-order valence-electron chi connectivity index (χ3n) is 7.62. The molecule has 3 N–H and O–H groups in total. The molecule has 196 valence electrons. The van der Waals surface area contributed by atoms with E-state index < -0.39 is 0 Å². The van der Waals surface area contributed by atoms with E-state index >= 15 is 0 Å². The van der Waals surface area contributed by atoms with Gasteiger partial charge in [-0.3, -0.25) is 9.79 Å². The maximum atomic E-state index is 13.0. The Morgan fingerprint density at radius 2 is 1.94 bits per heavy atom. The first-order valence-corrected chi connectivity index (χ1v) is 13.5. The lowest BCUT2D eigenvalue weighted by atomic mass is 9.67. The second-order valence-electron chi connectivity index (χ2n) is 11.7. The van der Waals surface area contributed by atoms with Crippen molar-refractivity contribution in [1.29, 1.82) is 0 Å². The molecule has 0 unspecified atom stereocenters. The van der Waals surface area contributed by atoms with Crippen LogP contribution >= 0.6 is 11.6 Å². The molecule has 1 amide bonds. The number of halogens is 1. The van der Waals surface area contributed by atoms with E-state index in [2.05, 4.69) is 41.1 Å². The van der Waals surface area contributed by atoms with Gasteiger partial charge in [0.05, 0.1) is 12.1 Å². The monoisotopic (exact) mass is 505 g/mol. The number of likely N-dealkylation sites (tertiary alicyclic amines) is 1. The maximum absolute atomic E-state index is 13.0. The molecule has 3 rings (SSSR count). The average molecular weight is 506 g/mol. The van der Waals surface area contributed by atoms with E-state index in [9.17, 15) is 4.79 Å². The van der Waals surface area contributed by atoms with Crippen LogP contribution in [0.1, 0.15) is 90.5 Å². The molecule has 1 saturated heterocycles. The minimum atomic E-state index is -0.0782. The predicted octanol–water partition coefficient (Wildman–Crippen LogP) is 5.28. The van der Waals surface area contributed by atoms with Crippen LogP contribution in [0.4, 0.5) is 0 Å². The van der Waals surface area contributed by atoms with E-state index in [4.69, 9.17) is 21.9 Å². The van der Waals surface area contributed by atoms with Crippen molar-refractivity contribution in [2.24, 2.45) is 21.6 Å². The quantitative estimate of drug-likeness (QED) is 0.468. The first-order chi connectivity index (χ1) is 16.5. The fraction of sp³-hybridized carbons (Fsp3) is 0.741. The number of amides is 1. The van der Waals surface area contributed by atoms with Gasteiger partial charge in [0.1, 0.15) is 16.6 Å². The molecule has 1 aliphatic heterocycles. The minimum absolute atomic E-state index is 0.0739. The summed E-state index contributed by atoms with van der Waals surface area (Å²) in [4.78, 5) is 19.9. The van der Waals surface area contributed by atoms with Crippen LogP contribution in [0.3, 0.4) is 0 Å². The van der Waals surface area contributed by atoms with Crippen molar-refractivity contribution < 1.29 is 9.32 Å². The van der Waals surface area contributed by atoms with Crippen molar-refractivity contribution >= 4 is 28.4 Å². The number of nitrogens with one attached hydrogen (secondary N) is 1. The number of nitrogens with zero attached hydrogens (tertiary/aromatic N) is 3. The first-order valence-electron chi connectivity index (χ1n) is 13.1. The molecule has 0 bridgehead atoms. The molecule has 0 atom stereocenters. The van der Waals surface area contributed by atoms with Gasteiger partial charge in [-0.2, -0.15) is 0 Å². The number of hydrogen-bond donors (Lipinski definition) is 2. The van der Waals surface area contributed by atoms with Crippen molar-refractivity contribution in [3.63, 3.8) is 0 Å². The maximum Gasteiger partial charge on any atom is 0.224 e. The van der Waals surface area contributed by atoms with Gasteiger partial charge < -0.3 is 20.5 Å². The third kappa shape index (κ3) is 8.07. The number of rotatable bonds is 8. The number of piperidine rings is 1. The predicted molar refractivity (Wildman–Crippen MR) is 143 cm³/mol. The largest absolute Gasteiger partial charge is 0.397 e. The van der Waals surface area contributed by atoms with Crippen molar-refractivity contribution in [3.8, 4) is 0 Å². The normalized spacial score (nSPS) is 20.7. The molecular formula is C27H44ClN5O2. The Labute approximate surface area is 215 Å². The van der Waals surface area contributed by atoms with Crippen LogP contribution in [0, 0.1) is 17.8 Å². The topological polar surface area (TPSA) is 96.8 Å². The smallest absolute Gasteiger partial charge is 0.224 e. The summed E-state index contributed by atoms with van der Waals surface area (Å²) in [5, 5.41) is 7.45. The minimum Gasteiger partial charge on any atom is -0.397 e. The Morgan fingerprint density at radius 3 is 2.49 bits per heavy atom. The van der Waals surface area contributed by atoms with Gasteiger partial charge >= 0.3 is 0 Å². The number of aliphatic imine (C=N–C) groups is 1. The number of carbonyl (C=O) groups is 1. The molecule has 2 heterocycles. The summed E-state index contributed by atoms with van der Waals surface area (Å²) in [6.45, 7) is 14.8. The van der Waals surface area contributed by atoms with Gasteiger partial charge in [0, 0.05) is 24.2 Å². The lowest BCUT2D eigenvalue weighted by Crippen LogP contribution is -2.46. The Hall–Kier alpha value is -1.86. The molecule has 8 heteroatoms. The van der Waals surface area contributed by atoms with E-state index in [1.54, 1.807) is 13.0 Å². The number of hydrogen-bond acceptors (Lipinski definition) is 6. The van der Waals surface area contributed by atoms with Gasteiger partial charge in [-0.25, -0.2) is 0 Å². The van der Waals surface area contributed by atoms with Gasteiger partial charge in [0.2, 0.25) is 5.91 Å². The average Bonchev–Trinajstić information content (AvgIpc) is 3.24. The highest BCUT2D eigenvalue weighted by molar-refractivity contribution is 6.70. The molecular weight excluding hydrogens is 462 g/mol. The molecule has 2 fully saturated rings. The zero-order chi connectivity index (χ0) is 25.6. The molecule has 7 nitrogen and oxygen atoms in total. The highest BCUT2D eigenvalue weighted by Crippen LogP contribution is 2.44. The van der Waals surface area contributed by atoms with Crippen LogP contribution in [-0.2, 0) is 4.79 Å². The SMILES string of the molecule is CCN=C(Cl)/C(CC(=O)NC1CCC2(CC1)CCN(CCC(C)(C)C)CC2)=C(\N)c1cc(C)on1. The highest BCUT2D eigenvalue weighted by Gasteiger charge is 2.38. The molecule has 0 radical (unpaired) electrons. The lowest BCUT2D eigenvalue weighted by molar-refractivity contribution is -0.121. The Balaban J connectivity index is 1.52. The van der Waals surface area contributed by atoms with E-state index in [0.29, 0.717) is 40.1 Å². The number of aromatic nitrogens is 1. The molecule has 1 aliphatic carbocycles. The molecule has 1 aromatic heterocycles.